The average molecular weight is 230 g/mol. The quantitative estimate of drug-likeness (QED) is 0.663. The molecular formula is C13H14N2O2. The molecule has 0 radical (unpaired) electrons. The molecule has 1 aromatic rings. The predicted molar refractivity (Wildman–Crippen MR) is 64.8 cm³/mol. The first kappa shape index (κ1) is 10.2. The van der Waals surface area contributed by atoms with E-state index in [1.54, 1.807) is 6.92 Å². The van der Waals surface area contributed by atoms with Crippen LogP contribution >= 0.6 is 0 Å². The van der Waals surface area contributed by atoms with Gasteiger partial charge in [0.1, 0.15) is 5.76 Å². The van der Waals surface area contributed by atoms with E-state index in [4.69, 9.17) is 5.73 Å². The number of aromatic nitrogens is 1. The van der Waals surface area contributed by atoms with Gasteiger partial charge in [-0.25, -0.2) is 0 Å². The van der Waals surface area contributed by atoms with Crippen LogP contribution in [0.3, 0.4) is 0 Å². The van der Waals surface area contributed by atoms with Crippen molar-refractivity contribution in [2.24, 2.45) is 5.73 Å². The summed E-state index contributed by atoms with van der Waals surface area (Å²) in [7, 11) is 0. The first-order valence-electron chi connectivity index (χ1n) is 5.68. The SMILES string of the molecule is CC1=C(N)C(=O)c2c(C)c3n(c2=C1O)CCC=3. The molecule has 1 aliphatic carbocycles. The smallest absolute Gasteiger partial charge is 0.211 e. The van der Waals surface area contributed by atoms with E-state index in [2.05, 4.69) is 6.08 Å². The minimum Gasteiger partial charge on any atom is -0.505 e. The number of fused-ring (bicyclic) bond motifs is 3. The molecule has 3 rings (SSSR count). The Morgan fingerprint density at radius 2 is 2.12 bits per heavy atom. The van der Waals surface area contributed by atoms with Crippen LogP contribution in [0.4, 0.5) is 0 Å². The van der Waals surface area contributed by atoms with Crippen LogP contribution in [0, 0.1) is 6.92 Å². The molecule has 4 heteroatoms. The molecule has 0 saturated carbocycles. The van der Waals surface area contributed by atoms with Crippen LogP contribution in [-0.2, 0) is 6.54 Å². The lowest BCUT2D eigenvalue weighted by atomic mass is 9.96. The summed E-state index contributed by atoms with van der Waals surface area (Å²) >= 11 is 0. The molecule has 4 nitrogen and oxygen atoms in total. The highest BCUT2D eigenvalue weighted by atomic mass is 16.3. The normalized spacial score (nSPS) is 18.2. The number of hydrogen-bond donors (Lipinski definition) is 2. The van der Waals surface area contributed by atoms with Crippen LogP contribution in [0.25, 0.3) is 11.8 Å². The Kier molecular flexibility index (Phi) is 1.82. The maximum atomic E-state index is 12.2. The summed E-state index contributed by atoms with van der Waals surface area (Å²) in [5, 5.41) is 11.9. The fraction of sp³-hybridized carbons (Fsp3) is 0.308. The lowest BCUT2D eigenvalue weighted by molar-refractivity contribution is 0.102. The monoisotopic (exact) mass is 230 g/mol. The summed E-state index contributed by atoms with van der Waals surface area (Å²) in [6.07, 6.45) is 3.04. The van der Waals surface area contributed by atoms with E-state index in [1.165, 1.54) is 0 Å². The molecule has 2 heterocycles. The van der Waals surface area contributed by atoms with Crippen LogP contribution in [0.2, 0.25) is 0 Å². The molecule has 0 fully saturated rings. The van der Waals surface area contributed by atoms with Gasteiger partial charge in [-0.3, -0.25) is 4.79 Å². The Morgan fingerprint density at radius 3 is 2.82 bits per heavy atom. The highest BCUT2D eigenvalue weighted by molar-refractivity contribution is 6.12. The van der Waals surface area contributed by atoms with Gasteiger partial charge in [-0.15, -0.1) is 0 Å². The van der Waals surface area contributed by atoms with Crippen molar-refractivity contribution in [3.63, 3.8) is 0 Å². The molecule has 1 aliphatic heterocycles. The number of nitrogens with two attached hydrogens (primary N) is 1. The van der Waals surface area contributed by atoms with Crippen LogP contribution in [-0.4, -0.2) is 15.5 Å². The number of nitrogens with zero attached hydrogens (tertiary/aromatic N) is 1. The lowest BCUT2D eigenvalue weighted by Crippen LogP contribution is -2.33. The first-order chi connectivity index (χ1) is 8.04. The maximum absolute atomic E-state index is 12.2. The van der Waals surface area contributed by atoms with Crippen molar-refractivity contribution in [2.75, 3.05) is 0 Å². The third-order valence-corrected chi connectivity index (χ3v) is 3.70. The molecule has 0 atom stereocenters. The van der Waals surface area contributed by atoms with E-state index in [0.29, 0.717) is 16.5 Å². The molecule has 0 unspecified atom stereocenters. The number of allylic oxidation sites excluding steroid dienone is 1. The van der Waals surface area contributed by atoms with Crippen LogP contribution < -0.4 is 16.4 Å². The molecule has 0 spiro atoms. The second-order valence-electron chi connectivity index (χ2n) is 4.59. The van der Waals surface area contributed by atoms with Crippen molar-refractivity contribution < 1.29 is 9.90 Å². The number of carbonyl (C=O) groups excluding carboxylic acids is 1. The Bertz CT molecular complexity index is 705. The second-order valence-corrected chi connectivity index (χ2v) is 4.59. The van der Waals surface area contributed by atoms with E-state index in [-0.39, 0.29) is 17.2 Å². The summed E-state index contributed by atoms with van der Waals surface area (Å²) < 4.78 is 2.01. The molecule has 17 heavy (non-hydrogen) atoms. The summed E-state index contributed by atoms with van der Waals surface area (Å²) in [6, 6.07) is 0. The minimum atomic E-state index is -0.164. The van der Waals surface area contributed by atoms with Gasteiger partial charge in [0.2, 0.25) is 5.78 Å². The molecule has 3 N–H and O–H groups in total. The summed E-state index contributed by atoms with van der Waals surface area (Å²) in [5.41, 5.74) is 7.87. The summed E-state index contributed by atoms with van der Waals surface area (Å²) in [4.78, 5) is 12.2. The van der Waals surface area contributed by atoms with E-state index in [9.17, 15) is 9.90 Å². The number of aliphatic hydroxyl groups is 1. The van der Waals surface area contributed by atoms with E-state index in [1.807, 2.05) is 11.5 Å². The van der Waals surface area contributed by atoms with Crippen LogP contribution in [0.15, 0.2) is 11.3 Å². The van der Waals surface area contributed by atoms with Crippen molar-refractivity contribution in [1.29, 1.82) is 0 Å². The lowest BCUT2D eigenvalue weighted by Gasteiger charge is -2.13. The zero-order valence-corrected chi connectivity index (χ0v) is 9.87. The topological polar surface area (TPSA) is 68.2 Å². The van der Waals surface area contributed by atoms with Gasteiger partial charge >= 0.3 is 0 Å². The molecule has 1 aromatic heterocycles. The second kappa shape index (κ2) is 3.03. The maximum Gasteiger partial charge on any atom is 0.211 e. The summed E-state index contributed by atoms with van der Waals surface area (Å²) in [6.45, 7) is 4.40. The van der Waals surface area contributed by atoms with E-state index in [0.717, 1.165) is 23.9 Å². The number of ketones is 1. The zero-order valence-electron chi connectivity index (χ0n) is 9.87. The molecule has 0 amide bonds. The van der Waals surface area contributed by atoms with Gasteiger partial charge in [0, 0.05) is 17.5 Å². The predicted octanol–water partition coefficient (Wildman–Crippen LogP) is 0.0759. The standard InChI is InChI=1S/C13H14N2O2/c1-6-8-4-3-5-15(8)11-9(6)13(17)10(14)7(2)12(11)16/h4,16H,3,5,14H2,1-2H3. The van der Waals surface area contributed by atoms with Gasteiger partial charge in [0.15, 0.2) is 0 Å². The van der Waals surface area contributed by atoms with Crippen molar-refractivity contribution >= 4 is 17.6 Å². The first-order valence-corrected chi connectivity index (χ1v) is 5.68. The van der Waals surface area contributed by atoms with Crippen LogP contribution in [0.1, 0.15) is 29.3 Å². The Hall–Kier alpha value is -1.97. The van der Waals surface area contributed by atoms with Gasteiger partial charge in [0.25, 0.3) is 0 Å². The van der Waals surface area contributed by atoms with E-state index >= 15 is 0 Å². The Labute approximate surface area is 98.4 Å². The highest BCUT2D eigenvalue weighted by Gasteiger charge is 2.29. The number of Topliss-reactive ketones (excluding diaryl/α,β-unsaturated/α-hetero) is 1. The molecule has 2 aliphatic rings. The number of hydrogen-bond acceptors (Lipinski definition) is 3. The fourth-order valence-electron chi connectivity index (χ4n) is 2.72. The largest absolute Gasteiger partial charge is 0.505 e. The molecule has 88 valence electrons. The number of aliphatic hydroxyl groups excluding tert-OH is 1. The minimum absolute atomic E-state index is 0.141. The molecule has 0 bridgehead atoms. The third-order valence-electron chi connectivity index (χ3n) is 3.70. The van der Waals surface area contributed by atoms with Crippen LogP contribution in [0.5, 0.6) is 0 Å². The fourth-order valence-corrected chi connectivity index (χ4v) is 2.72. The Balaban J connectivity index is 2.57. The zero-order chi connectivity index (χ0) is 12.3. The van der Waals surface area contributed by atoms with Crippen molar-refractivity contribution in [1.82, 2.24) is 4.57 Å². The molecule has 0 saturated heterocycles. The van der Waals surface area contributed by atoms with Gasteiger partial charge in [0.05, 0.1) is 16.6 Å². The summed E-state index contributed by atoms with van der Waals surface area (Å²) in [5.74, 6) is -0.0233. The van der Waals surface area contributed by atoms with Gasteiger partial charge < -0.3 is 15.4 Å². The van der Waals surface area contributed by atoms with Gasteiger partial charge in [-0.2, -0.15) is 0 Å². The van der Waals surface area contributed by atoms with Crippen molar-refractivity contribution in [3.8, 4) is 0 Å². The highest BCUT2D eigenvalue weighted by Crippen LogP contribution is 2.19. The third kappa shape index (κ3) is 1.05. The van der Waals surface area contributed by atoms with Crippen molar-refractivity contribution in [3.05, 3.63) is 33.1 Å². The van der Waals surface area contributed by atoms with Gasteiger partial charge in [-0.05, 0) is 25.8 Å². The van der Waals surface area contributed by atoms with Crippen molar-refractivity contribution in [2.45, 2.75) is 26.8 Å². The van der Waals surface area contributed by atoms with Gasteiger partial charge in [-0.1, -0.05) is 6.08 Å². The molecular weight excluding hydrogens is 216 g/mol. The average Bonchev–Trinajstić information content (AvgIpc) is 2.86. The van der Waals surface area contributed by atoms with E-state index < -0.39 is 0 Å². The number of rotatable bonds is 0. The molecule has 0 aromatic carbocycles. The number of carbonyl (C=O) groups is 1. The Morgan fingerprint density at radius 1 is 1.41 bits per heavy atom.